The minimum Gasteiger partial charge on any atom is -0.480 e. The normalized spacial score (nSPS) is 13.0. The van der Waals surface area contributed by atoms with Crippen molar-refractivity contribution in [3.05, 3.63) is 17.5 Å². The van der Waals surface area contributed by atoms with Crippen LogP contribution in [0, 0.1) is 5.92 Å². The van der Waals surface area contributed by atoms with Gasteiger partial charge in [0.15, 0.2) is 0 Å². The van der Waals surface area contributed by atoms with Crippen LogP contribution in [-0.4, -0.2) is 26.9 Å². The summed E-state index contributed by atoms with van der Waals surface area (Å²) >= 11 is 0. The number of nitrogens with one attached hydrogen (secondary N) is 1. The second-order valence-corrected chi connectivity index (χ2v) is 4.54. The molecule has 0 aliphatic carbocycles. The Hall–Kier alpha value is -1.36. The Morgan fingerprint density at radius 1 is 1.59 bits per heavy atom. The Balaban J connectivity index is 2.65. The van der Waals surface area contributed by atoms with Gasteiger partial charge >= 0.3 is 5.97 Å². The Labute approximate surface area is 102 Å². The van der Waals surface area contributed by atoms with Gasteiger partial charge in [0.25, 0.3) is 0 Å². The fourth-order valence-electron chi connectivity index (χ4n) is 1.73. The van der Waals surface area contributed by atoms with Crippen LogP contribution in [-0.2, 0) is 24.8 Å². The predicted octanol–water partition coefficient (Wildman–Crippen LogP) is 1.18. The summed E-state index contributed by atoms with van der Waals surface area (Å²) in [4.78, 5) is 11.0. The molecule has 0 radical (unpaired) electrons. The van der Waals surface area contributed by atoms with Crippen molar-refractivity contribution in [3.8, 4) is 0 Å². The molecule has 1 heterocycles. The zero-order chi connectivity index (χ0) is 13.0. The van der Waals surface area contributed by atoms with E-state index in [4.69, 9.17) is 5.11 Å². The van der Waals surface area contributed by atoms with Crippen LogP contribution in [0.25, 0.3) is 0 Å². The van der Waals surface area contributed by atoms with Crippen LogP contribution in [0.15, 0.2) is 6.07 Å². The van der Waals surface area contributed by atoms with E-state index in [1.807, 2.05) is 33.9 Å². The maximum absolute atomic E-state index is 11.0. The number of hydrogen-bond donors (Lipinski definition) is 2. The highest BCUT2D eigenvalue weighted by atomic mass is 16.4. The summed E-state index contributed by atoms with van der Waals surface area (Å²) in [7, 11) is 1.88. The van der Waals surface area contributed by atoms with E-state index in [1.165, 1.54) is 0 Å². The molecular weight excluding hydrogens is 218 g/mol. The van der Waals surface area contributed by atoms with Crippen molar-refractivity contribution in [1.29, 1.82) is 0 Å². The summed E-state index contributed by atoms with van der Waals surface area (Å²) in [6.07, 6.45) is 0.889. The van der Waals surface area contributed by atoms with Crippen LogP contribution in [0.2, 0.25) is 0 Å². The molecule has 17 heavy (non-hydrogen) atoms. The average molecular weight is 239 g/mol. The maximum atomic E-state index is 11.0. The fraction of sp³-hybridized carbons (Fsp3) is 0.667. The van der Waals surface area contributed by atoms with Gasteiger partial charge in [-0.25, -0.2) is 0 Å². The van der Waals surface area contributed by atoms with Crippen molar-refractivity contribution in [3.63, 3.8) is 0 Å². The van der Waals surface area contributed by atoms with Crippen LogP contribution in [0.5, 0.6) is 0 Å². The number of aliphatic carboxylic acids is 1. The summed E-state index contributed by atoms with van der Waals surface area (Å²) in [5, 5.41) is 16.4. The lowest BCUT2D eigenvalue weighted by molar-refractivity contribution is -0.140. The molecule has 5 heteroatoms. The first kappa shape index (κ1) is 13.7. The van der Waals surface area contributed by atoms with Gasteiger partial charge in [0.05, 0.1) is 11.4 Å². The van der Waals surface area contributed by atoms with Gasteiger partial charge in [0, 0.05) is 13.6 Å². The molecule has 0 fully saturated rings. The predicted molar refractivity (Wildman–Crippen MR) is 65.7 cm³/mol. The van der Waals surface area contributed by atoms with Crippen molar-refractivity contribution in [2.24, 2.45) is 13.0 Å². The zero-order valence-corrected chi connectivity index (χ0v) is 10.9. The van der Waals surface area contributed by atoms with E-state index >= 15 is 0 Å². The van der Waals surface area contributed by atoms with Crippen molar-refractivity contribution >= 4 is 5.97 Å². The van der Waals surface area contributed by atoms with Crippen LogP contribution in [0.3, 0.4) is 0 Å². The number of carbonyl (C=O) groups is 1. The first-order chi connectivity index (χ1) is 7.95. The van der Waals surface area contributed by atoms with E-state index < -0.39 is 12.0 Å². The number of carboxylic acid groups (broad SMARTS) is 1. The molecular formula is C12H21N3O2. The lowest BCUT2D eigenvalue weighted by Crippen LogP contribution is -2.40. The second-order valence-electron chi connectivity index (χ2n) is 4.54. The molecule has 0 saturated heterocycles. The Bertz CT molecular complexity index is 385. The number of aromatic nitrogens is 2. The number of hydrogen-bond acceptors (Lipinski definition) is 3. The Morgan fingerprint density at radius 2 is 2.24 bits per heavy atom. The van der Waals surface area contributed by atoms with Gasteiger partial charge in [-0.1, -0.05) is 20.8 Å². The number of aryl methyl sites for hydroxylation is 2. The minimum atomic E-state index is -0.808. The third-order valence-corrected chi connectivity index (χ3v) is 2.83. The second kappa shape index (κ2) is 5.82. The Morgan fingerprint density at radius 3 is 2.65 bits per heavy atom. The van der Waals surface area contributed by atoms with E-state index in [-0.39, 0.29) is 5.92 Å². The van der Waals surface area contributed by atoms with Crippen LogP contribution >= 0.6 is 0 Å². The summed E-state index contributed by atoms with van der Waals surface area (Å²) in [6, 6.07) is 1.49. The van der Waals surface area contributed by atoms with Gasteiger partial charge in [-0.15, -0.1) is 0 Å². The van der Waals surface area contributed by atoms with E-state index in [9.17, 15) is 4.79 Å². The number of nitrogens with zero attached hydrogens (tertiary/aromatic N) is 2. The standard InChI is InChI=1S/C12H21N3O2/c1-5-9-6-10(15(4)14-9)7-13-11(8(2)3)12(16)17/h6,8,11,13H,5,7H2,1-4H3,(H,16,17). The summed E-state index contributed by atoms with van der Waals surface area (Å²) in [5.41, 5.74) is 2.04. The van der Waals surface area contributed by atoms with Crippen molar-refractivity contribution in [1.82, 2.24) is 15.1 Å². The van der Waals surface area contributed by atoms with Gasteiger partial charge in [-0.3, -0.25) is 14.8 Å². The lowest BCUT2D eigenvalue weighted by atomic mass is 10.0. The highest BCUT2D eigenvalue weighted by Crippen LogP contribution is 2.06. The minimum absolute atomic E-state index is 0.0615. The molecule has 0 bridgehead atoms. The van der Waals surface area contributed by atoms with Gasteiger partial charge in [-0.05, 0) is 18.4 Å². The molecule has 1 rings (SSSR count). The van der Waals surface area contributed by atoms with E-state index in [0.29, 0.717) is 6.54 Å². The molecule has 96 valence electrons. The lowest BCUT2D eigenvalue weighted by Gasteiger charge is -2.17. The Kier molecular flexibility index (Phi) is 4.69. The summed E-state index contributed by atoms with van der Waals surface area (Å²) in [6.45, 7) is 6.37. The highest BCUT2D eigenvalue weighted by Gasteiger charge is 2.20. The third-order valence-electron chi connectivity index (χ3n) is 2.83. The van der Waals surface area contributed by atoms with Crippen molar-refractivity contribution < 1.29 is 9.90 Å². The number of carboxylic acids is 1. The molecule has 0 aromatic carbocycles. The maximum Gasteiger partial charge on any atom is 0.320 e. The molecule has 0 aliphatic heterocycles. The summed E-state index contributed by atoms with van der Waals surface area (Å²) < 4.78 is 1.80. The average Bonchev–Trinajstić information content (AvgIpc) is 2.59. The van der Waals surface area contributed by atoms with Crippen molar-refractivity contribution in [2.75, 3.05) is 0 Å². The SMILES string of the molecule is CCc1cc(CNC(C(=O)O)C(C)C)n(C)n1. The molecule has 1 unspecified atom stereocenters. The van der Waals surface area contributed by atoms with Crippen LogP contribution < -0.4 is 5.32 Å². The molecule has 0 spiro atoms. The van der Waals surface area contributed by atoms with E-state index in [1.54, 1.807) is 4.68 Å². The highest BCUT2D eigenvalue weighted by molar-refractivity contribution is 5.73. The molecule has 0 amide bonds. The topological polar surface area (TPSA) is 67.2 Å². The van der Waals surface area contributed by atoms with E-state index in [0.717, 1.165) is 17.8 Å². The molecule has 0 aliphatic rings. The van der Waals surface area contributed by atoms with Gasteiger partial charge in [-0.2, -0.15) is 5.10 Å². The quantitative estimate of drug-likeness (QED) is 0.782. The monoisotopic (exact) mass is 239 g/mol. The van der Waals surface area contributed by atoms with Gasteiger partial charge < -0.3 is 5.11 Å². The molecule has 5 nitrogen and oxygen atoms in total. The smallest absolute Gasteiger partial charge is 0.320 e. The fourth-order valence-corrected chi connectivity index (χ4v) is 1.73. The third kappa shape index (κ3) is 3.56. The van der Waals surface area contributed by atoms with Gasteiger partial charge in [0.1, 0.15) is 6.04 Å². The van der Waals surface area contributed by atoms with Crippen LogP contribution in [0.1, 0.15) is 32.2 Å². The van der Waals surface area contributed by atoms with E-state index in [2.05, 4.69) is 10.4 Å². The van der Waals surface area contributed by atoms with Crippen molar-refractivity contribution in [2.45, 2.75) is 39.8 Å². The molecule has 1 atom stereocenters. The number of rotatable bonds is 6. The molecule has 0 saturated carbocycles. The van der Waals surface area contributed by atoms with Crippen LogP contribution in [0.4, 0.5) is 0 Å². The summed E-state index contributed by atoms with van der Waals surface area (Å²) in [5.74, 6) is -0.746. The zero-order valence-electron chi connectivity index (χ0n) is 10.9. The van der Waals surface area contributed by atoms with Gasteiger partial charge in [0.2, 0.25) is 0 Å². The molecule has 1 aromatic heterocycles. The first-order valence-corrected chi connectivity index (χ1v) is 5.93. The largest absolute Gasteiger partial charge is 0.480 e. The molecule has 1 aromatic rings. The molecule has 2 N–H and O–H groups in total. The first-order valence-electron chi connectivity index (χ1n) is 5.93.